The van der Waals surface area contributed by atoms with Crippen LogP contribution >= 0.6 is 23.2 Å². The minimum absolute atomic E-state index is 0.0288. The van der Waals surface area contributed by atoms with Crippen LogP contribution in [-0.2, 0) is 26.2 Å². The van der Waals surface area contributed by atoms with E-state index in [2.05, 4.69) is 17.4 Å². The topological polar surface area (TPSA) is 55.4 Å². The van der Waals surface area contributed by atoms with Gasteiger partial charge in [0.15, 0.2) is 6.61 Å². The third kappa shape index (κ3) is 4.77. The lowest BCUT2D eigenvalue weighted by Crippen LogP contribution is -2.35. The Kier molecular flexibility index (Phi) is 5.84. The number of halogens is 2. The van der Waals surface area contributed by atoms with Gasteiger partial charge in [0.05, 0.1) is 16.5 Å². The van der Waals surface area contributed by atoms with Gasteiger partial charge in [0.2, 0.25) is 0 Å². The second-order valence-corrected chi connectivity index (χ2v) is 7.32. The summed E-state index contributed by atoms with van der Waals surface area (Å²) < 4.78 is 5.04. The lowest BCUT2D eigenvalue weighted by Gasteiger charge is -2.16. The Hall–Kier alpha value is -2.04. The molecule has 1 fully saturated rings. The molecule has 0 spiro atoms. The number of carbonyl (C=O) groups excluding carboxylic acids is 2. The van der Waals surface area contributed by atoms with Crippen LogP contribution in [0.4, 0.5) is 0 Å². The summed E-state index contributed by atoms with van der Waals surface area (Å²) in [5.74, 6) is -0.780. The zero-order valence-corrected chi connectivity index (χ0v) is 15.6. The first-order valence-electron chi connectivity index (χ1n) is 8.40. The van der Waals surface area contributed by atoms with E-state index in [4.69, 9.17) is 27.9 Å². The SMILES string of the molecule is O=C(COC(=O)Cc1ccc(Cl)c(Cl)c1)NCC1(c2ccccc2)CC1. The molecule has 1 aliphatic carbocycles. The number of nitrogens with one attached hydrogen (secondary N) is 1. The summed E-state index contributed by atoms with van der Waals surface area (Å²) in [6, 6.07) is 15.1. The molecule has 6 heteroatoms. The molecule has 1 N–H and O–H groups in total. The van der Waals surface area contributed by atoms with Gasteiger partial charge in [-0.1, -0.05) is 59.6 Å². The molecular formula is C20H19Cl2NO3. The number of benzene rings is 2. The Labute approximate surface area is 162 Å². The van der Waals surface area contributed by atoms with Crippen molar-refractivity contribution in [1.29, 1.82) is 0 Å². The Bertz CT molecular complexity index is 804. The highest BCUT2D eigenvalue weighted by molar-refractivity contribution is 6.42. The van der Waals surface area contributed by atoms with Gasteiger partial charge in [0.1, 0.15) is 0 Å². The van der Waals surface area contributed by atoms with Crippen LogP contribution in [0, 0.1) is 0 Å². The van der Waals surface area contributed by atoms with Crippen LogP contribution in [0.25, 0.3) is 0 Å². The second-order valence-electron chi connectivity index (χ2n) is 6.51. The highest BCUT2D eigenvalue weighted by Crippen LogP contribution is 2.47. The van der Waals surface area contributed by atoms with Crippen molar-refractivity contribution in [3.05, 3.63) is 69.7 Å². The molecule has 1 saturated carbocycles. The fraction of sp³-hybridized carbons (Fsp3) is 0.300. The monoisotopic (exact) mass is 391 g/mol. The molecule has 0 atom stereocenters. The van der Waals surface area contributed by atoms with Crippen LogP contribution in [0.2, 0.25) is 10.0 Å². The number of hydrogen-bond acceptors (Lipinski definition) is 3. The van der Waals surface area contributed by atoms with E-state index < -0.39 is 5.97 Å². The van der Waals surface area contributed by atoms with Crippen molar-refractivity contribution in [2.24, 2.45) is 0 Å². The van der Waals surface area contributed by atoms with Crippen molar-refractivity contribution >= 4 is 35.1 Å². The molecule has 0 aliphatic heterocycles. The average molecular weight is 392 g/mol. The van der Waals surface area contributed by atoms with E-state index >= 15 is 0 Å². The summed E-state index contributed by atoms with van der Waals surface area (Å²) in [5, 5.41) is 3.67. The fourth-order valence-electron chi connectivity index (χ4n) is 2.84. The van der Waals surface area contributed by atoms with Crippen molar-refractivity contribution in [3.63, 3.8) is 0 Å². The molecule has 0 heterocycles. The van der Waals surface area contributed by atoms with E-state index in [1.165, 1.54) is 5.56 Å². The zero-order chi connectivity index (χ0) is 18.6. The van der Waals surface area contributed by atoms with E-state index in [0.29, 0.717) is 22.2 Å². The van der Waals surface area contributed by atoms with Crippen molar-refractivity contribution < 1.29 is 14.3 Å². The molecule has 2 aromatic rings. The van der Waals surface area contributed by atoms with Crippen LogP contribution in [0.1, 0.15) is 24.0 Å². The Balaban J connectivity index is 1.43. The van der Waals surface area contributed by atoms with Crippen LogP contribution in [0.15, 0.2) is 48.5 Å². The third-order valence-corrected chi connectivity index (χ3v) is 5.30. The number of ether oxygens (including phenoxy) is 1. The normalized spacial score (nSPS) is 14.5. The molecule has 2 aromatic carbocycles. The maximum absolute atomic E-state index is 12.0. The minimum Gasteiger partial charge on any atom is -0.455 e. The quantitative estimate of drug-likeness (QED) is 0.727. The lowest BCUT2D eigenvalue weighted by molar-refractivity contribution is -0.147. The van der Waals surface area contributed by atoms with Gasteiger partial charge in [-0.25, -0.2) is 0 Å². The standard InChI is InChI=1S/C20H19Cl2NO3/c21-16-7-6-14(10-17(16)22)11-19(25)26-12-18(24)23-13-20(8-9-20)15-4-2-1-3-5-15/h1-7,10H,8-9,11-13H2,(H,23,24). The van der Waals surface area contributed by atoms with E-state index in [9.17, 15) is 9.59 Å². The maximum atomic E-state index is 12.0. The van der Waals surface area contributed by atoms with Gasteiger partial charge in [-0.3, -0.25) is 9.59 Å². The summed E-state index contributed by atoms with van der Waals surface area (Å²) in [6.07, 6.45) is 2.14. The van der Waals surface area contributed by atoms with Crippen LogP contribution in [-0.4, -0.2) is 25.0 Å². The summed E-state index contributed by atoms with van der Waals surface area (Å²) in [6.45, 7) is 0.269. The smallest absolute Gasteiger partial charge is 0.310 e. The molecule has 26 heavy (non-hydrogen) atoms. The Morgan fingerprint density at radius 1 is 1.04 bits per heavy atom. The second kappa shape index (κ2) is 8.11. The van der Waals surface area contributed by atoms with E-state index in [1.54, 1.807) is 18.2 Å². The van der Waals surface area contributed by atoms with Gasteiger partial charge in [0.25, 0.3) is 5.91 Å². The molecule has 0 unspecified atom stereocenters. The molecule has 0 radical (unpaired) electrons. The Morgan fingerprint density at radius 3 is 2.42 bits per heavy atom. The lowest BCUT2D eigenvalue weighted by atomic mass is 9.96. The Morgan fingerprint density at radius 2 is 1.77 bits per heavy atom. The maximum Gasteiger partial charge on any atom is 0.310 e. The largest absolute Gasteiger partial charge is 0.455 e. The third-order valence-electron chi connectivity index (χ3n) is 4.56. The number of amides is 1. The van der Waals surface area contributed by atoms with Gasteiger partial charge in [-0.2, -0.15) is 0 Å². The highest BCUT2D eigenvalue weighted by Gasteiger charge is 2.44. The summed E-state index contributed by atoms with van der Waals surface area (Å²) >= 11 is 11.8. The van der Waals surface area contributed by atoms with E-state index in [1.807, 2.05) is 18.2 Å². The van der Waals surface area contributed by atoms with Crippen LogP contribution in [0.3, 0.4) is 0 Å². The summed E-state index contributed by atoms with van der Waals surface area (Å²) in [4.78, 5) is 23.8. The summed E-state index contributed by atoms with van der Waals surface area (Å²) in [7, 11) is 0. The average Bonchev–Trinajstić information content (AvgIpc) is 3.43. The predicted molar refractivity (Wildman–Crippen MR) is 101 cm³/mol. The van der Waals surface area contributed by atoms with Gasteiger partial charge >= 0.3 is 5.97 Å². The van der Waals surface area contributed by atoms with Crippen molar-refractivity contribution in [1.82, 2.24) is 5.32 Å². The first kappa shape index (κ1) is 18.7. The number of hydrogen-bond donors (Lipinski definition) is 1. The molecule has 0 aromatic heterocycles. The summed E-state index contributed by atoms with van der Waals surface area (Å²) in [5.41, 5.74) is 1.95. The zero-order valence-electron chi connectivity index (χ0n) is 14.1. The van der Waals surface area contributed by atoms with Gasteiger partial charge in [-0.05, 0) is 36.1 Å². The number of carbonyl (C=O) groups is 2. The molecule has 0 saturated heterocycles. The predicted octanol–water partition coefficient (Wildman–Crippen LogP) is 3.93. The van der Waals surface area contributed by atoms with Gasteiger partial charge in [-0.15, -0.1) is 0 Å². The molecule has 1 amide bonds. The first-order chi connectivity index (χ1) is 12.5. The van der Waals surface area contributed by atoms with Gasteiger partial charge < -0.3 is 10.1 Å². The molecule has 4 nitrogen and oxygen atoms in total. The van der Waals surface area contributed by atoms with E-state index in [-0.39, 0.29) is 24.3 Å². The number of esters is 1. The van der Waals surface area contributed by atoms with Crippen molar-refractivity contribution in [2.45, 2.75) is 24.7 Å². The molecule has 1 aliphatic rings. The van der Waals surface area contributed by atoms with Crippen molar-refractivity contribution in [3.8, 4) is 0 Å². The molecule has 0 bridgehead atoms. The highest BCUT2D eigenvalue weighted by atomic mass is 35.5. The minimum atomic E-state index is -0.484. The first-order valence-corrected chi connectivity index (χ1v) is 9.16. The molecular weight excluding hydrogens is 373 g/mol. The number of rotatable bonds is 7. The van der Waals surface area contributed by atoms with Crippen LogP contribution in [0.5, 0.6) is 0 Å². The van der Waals surface area contributed by atoms with Crippen LogP contribution < -0.4 is 5.32 Å². The van der Waals surface area contributed by atoms with E-state index in [0.717, 1.165) is 12.8 Å². The molecule has 3 rings (SSSR count). The fourth-order valence-corrected chi connectivity index (χ4v) is 3.16. The van der Waals surface area contributed by atoms with Gasteiger partial charge in [0, 0.05) is 12.0 Å². The van der Waals surface area contributed by atoms with Crippen molar-refractivity contribution in [2.75, 3.05) is 13.2 Å². The molecule has 136 valence electrons.